The largest absolute Gasteiger partial charge is 0.357 e. The number of hydrogen-bond donors (Lipinski definition) is 0. The molecule has 0 radical (unpaired) electrons. The van der Waals surface area contributed by atoms with Crippen molar-refractivity contribution in [3.05, 3.63) is 23.9 Å². The Morgan fingerprint density at radius 1 is 1.12 bits per heavy atom. The van der Waals surface area contributed by atoms with E-state index in [4.69, 9.17) is 0 Å². The predicted molar refractivity (Wildman–Crippen MR) is 69.5 cm³/mol. The average molecular weight is 232 g/mol. The second-order valence-electron chi connectivity index (χ2n) is 4.72. The maximum absolute atomic E-state index is 11.2. The van der Waals surface area contributed by atoms with Crippen LogP contribution in [-0.2, 0) is 0 Å². The molecule has 1 saturated heterocycles. The minimum atomic E-state index is 0.0803. The summed E-state index contributed by atoms with van der Waals surface area (Å²) in [7, 11) is 0. The van der Waals surface area contributed by atoms with E-state index >= 15 is 0 Å². The zero-order valence-corrected chi connectivity index (χ0v) is 10.5. The van der Waals surface area contributed by atoms with Gasteiger partial charge in [-0.2, -0.15) is 0 Å². The molecule has 92 valence electrons. The first-order valence-electron chi connectivity index (χ1n) is 6.49. The van der Waals surface area contributed by atoms with Crippen molar-refractivity contribution < 1.29 is 4.79 Å². The van der Waals surface area contributed by atoms with Gasteiger partial charge in [-0.3, -0.25) is 4.79 Å². The fourth-order valence-corrected chi connectivity index (χ4v) is 2.26. The van der Waals surface area contributed by atoms with Gasteiger partial charge in [0, 0.05) is 24.8 Å². The van der Waals surface area contributed by atoms with Crippen LogP contribution in [-0.4, -0.2) is 23.9 Å². The third kappa shape index (κ3) is 3.29. The van der Waals surface area contributed by atoms with E-state index in [1.54, 1.807) is 13.1 Å². The zero-order chi connectivity index (χ0) is 12.1. The molecule has 3 heteroatoms. The number of Topliss-reactive ketones (excluding diaryl/α,β-unsaturated/α-hetero) is 1. The molecule has 0 N–H and O–H groups in total. The standard InChI is InChI=1S/C14H20N2O/c1-12(17)13-7-8-14(15-11-13)16-9-5-3-2-4-6-10-16/h7-8,11H,2-6,9-10H2,1H3. The summed E-state index contributed by atoms with van der Waals surface area (Å²) < 4.78 is 0. The average Bonchev–Trinajstić information content (AvgIpc) is 2.29. The van der Waals surface area contributed by atoms with E-state index < -0.39 is 0 Å². The van der Waals surface area contributed by atoms with E-state index in [0.717, 1.165) is 18.9 Å². The van der Waals surface area contributed by atoms with Gasteiger partial charge in [0.15, 0.2) is 5.78 Å². The van der Waals surface area contributed by atoms with Crippen molar-refractivity contribution in [2.45, 2.75) is 39.0 Å². The van der Waals surface area contributed by atoms with Crippen molar-refractivity contribution in [3.8, 4) is 0 Å². The van der Waals surface area contributed by atoms with Crippen molar-refractivity contribution in [2.24, 2.45) is 0 Å². The monoisotopic (exact) mass is 232 g/mol. The van der Waals surface area contributed by atoms with Crippen LogP contribution in [0.4, 0.5) is 5.82 Å². The van der Waals surface area contributed by atoms with Gasteiger partial charge in [0.25, 0.3) is 0 Å². The first-order chi connectivity index (χ1) is 8.27. The number of carbonyl (C=O) groups excluding carboxylic acids is 1. The summed E-state index contributed by atoms with van der Waals surface area (Å²) in [6.45, 7) is 3.76. The molecule has 0 spiro atoms. The molecule has 0 unspecified atom stereocenters. The Morgan fingerprint density at radius 3 is 2.29 bits per heavy atom. The first kappa shape index (κ1) is 12.1. The van der Waals surface area contributed by atoms with Gasteiger partial charge in [-0.15, -0.1) is 0 Å². The summed E-state index contributed by atoms with van der Waals surface area (Å²) in [5.74, 6) is 1.09. The van der Waals surface area contributed by atoms with Gasteiger partial charge in [0.1, 0.15) is 5.82 Å². The van der Waals surface area contributed by atoms with Gasteiger partial charge in [-0.25, -0.2) is 4.98 Å². The van der Waals surface area contributed by atoms with E-state index in [2.05, 4.69) is 9.88 Å². The molecule has 1 aromatic heterocycles. The number of pyridine rings is 1. The normalized spacial score (nSPS) is 17.4. The number of aromatic nitrogens is 1. The lowest BCUT2D eigenvalue weighted by Gasteiger charge is -2.25. The van der Waals surface area contributed by atoms with Gasteiger partial charge in [0.2, 0.25) is 0 Å². The summed E-state index contributed by atoms with van der Waals surface area (Å²) in [6.07, 6.45) is 8.19. The number of carbonyl (C=O) groups is 1. The summed E-state index contributed by atoms with van der Waals surface area (Å²) in [6, 6.07) is 3.85. The molecule has 1 aromatic rings. The fraction of sp³-hybridized carbons (Fsp3) is 0.571. The van der Waals surface area contributed by atoms with E-state index in [0.29, 0.717) is 5.56 Å². The summed E-state index contributed by atoms with van der Waals surface area (Å²) in [5, 5.41) is 0. The highest BCUT2D eigenvalue weighted by Crippen LogP contribution is 2.17. The molecule has 0 amide bonds. The second-order valence-corrected chi connectivity index (χ2v) is 4.72. The van der Waals surface area contributed by atoms with Crippen molar-refractivity contribution in [3.63, 3.8) is 0 Å². The minimum absolute atomic E-state index is 0.0803. The number of nitrogens with zero attached hydrogens (tertiary/aromatic N) is 2. The molecule has 2 heterocycles. The molecule has 2 rings (SSSR count). The minimum Gasteiger partial charge on any atom is -0.357 e. The van der Waals surface area contributed by atoms with Crippen LogP contribution in [0.15, 0.2) is 18.3 Å². The first-order valence-corrected chi connectivity index (χ1v) is 6.49. The molecule has 3 nitrogen and oxygen atoms in total. The second kappa shape index (κ2) is 5.80. The maximum atomic E-state index is 11.2. The zero-order valence-electron chi connectivity index (χ0n) is 10.5. The molecule has 17 heavy (non-hydrogen) atoms. The lowest BCUT2D eigenvalue weighted by molar-refractivity contribution is 0.101. The molecule has 0 atom stereocenters. The molecule has 1 aliphatic rings. The Balaban J connectivity index is 2.06. The summed E-state index contributed by atoms with van der Waals surface area (Å²) >= 11 is 0. The topological polar surface area (TPSA) is 33.2 Å². The predicted octanol–water partition coefficient (Wildman–Crippen LogP) is 3.05. The quantitative estimate of drug-likeness (QED) is 0.735. The number of rotatable bonds is 2. The van der Waals surface area contributed by atoms with Gasteiger partial charge in [-0.05, 0) is 31.9 Å². The molecule has 0 saturated carbocycles. The van der Waals surface area contributed by atoms with E-state index in [-0.39, 0.29) is 5.78 Å². The Kier molecular flexibility index (Phi) is 4.13. The van der Waals surface area contributed by atoms with Crippen molar-refractivity contribution >= 4 is 11.6 Å². The van der Waals surface area contributed by atoms with Gasteiger partial charge < -0.3 is 4.90 Å². The maximum Gasteiger partial charge on any atom is 0.161 e. The Hall–Kier alpha value is -1.38. The van der Waals surface area contributed by atoms with Crippen LogP contribution in [0.2, 0.25) is 0 Å². The van der Waals surface area contributed by atoms with E-state index in [9.17, 15) is 4.79 Å². The lowest BCUT2D eigenvalue weighted by atomic mass is 10.1. The highest BCUT2D eigenvalue weighted by molar-refractivity contribution is 5.93. The SMILES string of the molecule is CC(=O)c1ccc(N2CCCCCCC2)nc1. The Labute approximate surface area is 103 Å². The third-order valence-corrected chi connectivity index (χ3v) is 3.33. The van der Waals surface area contributed by atoms with Gasteiger partial charge >= 0.3 is 0 Å². The van der Waals surface area contributed by atoms with Crippen LogP contribution >= 0.6 is 0 Å². The van der Waals surface area contributed by atoms with Crippen LogP contribution in [0.25, 0.3) is 0 Å². The summed E-state index contributed by atoms with van der Waals surface area (Å²) in [5.41, 5.74) is 0.695. The molecular formula is C14H20N2O. The fourth-order valence-electron chi connectivity index (χ4n) is 2.26. The number of anilines is 1. The van der Waals surface area contributed by atoms with Crippen molar-refractivity contribution in [1.82, 2.24) is 4.98 Å². The molecule has 0 aliphatic carbocycles. The summed E-state index contributed by atoms with van der Waals surface area (Å²) in [4.78, 5) is 17.9. The number of hydrogen-bond acceptors (Lipinski definition) is 3. The van der Waals surface area contributed by atoms with Crippen LogP contribution in [0.3, 0.4) is 0 Å². The molecule has 0 bridgehead atoms. The molecule has 1 aliphatic heterocycles. The van der Waals surface area contributed by atoms with Crippen LogP contribution in [0.1, 0.15) is 49.4 Å². The molecular weight excluding hydrogens is 212 g/mol. The third-order valence-electron chi connectivity index (χ3n) is 3.33. The highest BCUT2D eigenvalue weighted by Gasteiger charge is 2.10. The lowest BCUT2D eigenvalue weighted by Crippen LogP contribution is -2.27. The molecule has 1 fully saturated rings. The van der Waals surface area contributed by atoms with Crippen LogP contribution < -0.4 is 4.90 Å². The van der Waals surface area contributed by atoms with E-state index in [1.807, 2.05) is 12.1 Å². The van der Waals surface area contributed by atoms with E-state index in [1.165, 1.54) is 32.1 Å². The Morgan fingerprint density at radius 2 is 1.76 bits per heavy atom. The highest BCUT2D eigenvalue weighted by atomic mass is 16.1. The van der Waals surface area contributed by atoms with Crippen molar-refractivity contribution in [1.29, 1.82) is 0 Å². The van der Waals surface area contributed by atoms with Crippen molar-refractivity contribution in [2.75, 3.05) is 18.0 Å². The van der Waals surface area contributed by atoms with Crippen LogP contribution in [0.5, 0.6) is 0 Å². The number of ketones is 1. The van der Waals surface area contributed by atoms with Crippen LogP contribution in [0, 0.1) is 0 Å². The smallest absolute Gasteiger partial charge is 0.161 e. The Bertz CT molecular complexity index is 364. The molecule has 0 aromatic carbocycles. The van der Waals surface area contributed by atoms with Gasteiger partial charge in [0.05, 0.1) is 0 Å². The van der Waals surface area contributed by atoms with Gasteiger partial charge in [-0.1, -0.05) is 19.3 Å².